The smallest absolute Gasteiger partial charge is 0.165 e. The summed E-state index contributed by atoms with van der Waals surface area (Å²) in [6, 6.07) is 9.61. The highest BCUT2D eigenvalue weighted by molar-refractivity contribution is 5.29. The Kier molecular flexibility index (Phi) is 4.79. The number of nitrogens with zero attached hydrogens (tertiary/aromatic N) is 1. The average Bonchev–Trinajstić information content (AvgIpc) is 2.84. The third kappa shape index (κ3) is 3.61. The summed E-state index contributed by atoms with van der Waals surface area (Å²) in [5.41, 5.74) is 2.11. The van der Waals surface area contributed by atoms with Crippen LogP contribution in [0, 0.1) is 5.82 Å². The van der Waals surface area contributed by atoms with Crippen LogP contribution < -0.4 is 10.1 Å². The van der Waals surface area contributed by atoms with Gasteiger partial charge in [-0.1, -0.05) is 19.9 Å². The fourth-order valence-electron chi connectivity index (χ4n) is 2.08. The fraction of sp³-hybridized carbons (Fsp3) is 0.375. The normalized spacial score (nSPS) is 11.1. The summed E-state index contributed by atoms with van der Waals surface area (Å²) in [5.74, 6) is -0.0398. The summed E-state index contributed by atoms with van der Waals surface area (Å²) in [4.78, 5) is 0. The Morgan fingerprint density at radius 1 is 1.30 bits per heavy atom. The summed E-state index contributed by atoms with van der Waals surface area (Å²) in [6.07, 6.45) is 2.01. The van der Waals surface area contributed by atoms with Crippen LogP contribution in [0.4, 0.5) is 4.39 Å². The molecule has 108 valence electrons. The Bertz CT molecular complexity index is 563. The van der Waals surface area contributed by atoms with Crippen molar-refractivity contribution in [2.45, 2.75) is 33.0 Å². The maximum Gasteiger partial charge on any atom is 0.165 e. The molecule has 0 aliphatic rings. The number of halogens is 1. The number of rotatable bonds is 6. The minimum atomic E-state index is -0.320. The van der Waals surface area contributed by atoms with E-state index in [0.717, 1.165) is 12.1 Å². The van der Waals surface area contributed by atoms with Gasteiger partial charge >= 0.3 is 0 Å². The van der Waals surface area contributed by atoms with Gasteiger partial charge in [-0.25, -0.2) is 4.39 Å². The fourth-order valence-corrected chi connectivity index (χ4v) is 2.08. The number of benzene rings is 1. The number of methoxy groups -OCH3 is 1. The summed E-state index contributed by atoms with van der Waals surface area (Å²) in [6.45, 7) is 5.70. The highest BCUT2D eigenvalue weighted by Gasteiger charge is 2.06. The second-order valence-corrected chi connectivity index (χ2v) is 5.13. The lowest BCUT2D eigenvalue weighted by Gasteiger charge is -2.13. The van der Waals surface area contributed by atoms with Gasteiger partial charge < -0.3 is 14.6 Å². The second-order valence-electron chi connectivity index (χ2n) is 5.13. The zero-order valence-electron chi connectivity index (χ0n) is 12.2. The minimum absolute atomic E-state index is 0.281. The lowest BCUT2D eigenvalue weighted by atomic mass is 10.2. The van der Waals surface area contributed by atoms with E-state index in [9.17, 15) is 4.39 Å². The van der Waals surface area contributed by atoms with E-state index in [2.05, 4.69) is 29.8 Å². The maximum absolute atomic E-state index is 13.7. The molecule has 20 heavy (non-hydrogen) atoms. The van der Waals surface area contributed by atoms with Crippen LogP contribution in [0.25, 0.3) is 0 Å². The van der Waals surface area contributed by atoms with Crippen molar-refractivity contribution >= 4 is 0 Å². The first kappa shape index (κ1) is 14.6. The summed E-state index contributed by atoms with van der Waals surface area (Å²) < 4.78 is 20.7. The number of hydrogen-bond acceptors (Lipinski definition) is 2. The highest BCUT2D eigenvalue weighted by atomic mass is 19.1. The molecular formula is C16H21FN2O. The van der Waals surface area contributed by atoms with Crippen molar-refractivity contribution in [3.05, 3.63) is 53.6 Å². The Morgan fingerprint density at radius 3 is 2.75 bits per heavy atom. The van der Waals surface area contributed by atoms with Gasteiger partial charge in [0.1, 0.15) is 0 Å². The van der Waals surface area contributed by atoms with Crippen molar-refractivity contribution in [2.75, 3.05) is 7.11 Å². The van der Waals surface area contributed by atoms with Crippen molar-refractivity contribution in [1.82, 2.24) is 9.88 Å². The second kappa shape index (κ2) is 6.57. The van der Waals surface area contributed by atoms with E-state index >= 15 is 0 Å². The molecule has 4 heteroatoms. The van der Waals surface area contributed by atoms with E-state index in [1.807, 2.05) is 18.3 Å². The molecule has 3 nitrogen and oxygen atoms in total. The van der Waals surface area contributed by atoms with Gasteiger partial charge in [0.05, 0.1) is 7.11 Å². The lowest BCUT2D eigenvalue weighted by molar-refractivity contribution is 0.386. The van der Waals surface area contributed by atoms with E-state index in [-0.39, 0.29) is 11.6 Å². The molecule has 2 aromatic rings. The predicted molar refractivity (Wildman–Crippen MR) is 78.5 cm³/mol. The molecule has 1 aromatic heterocycles. The van der Waals surface area contributed by atoms with Crippen molar-refractivity contribution in [2.24, 2.45) is 0 Å². The molecule has 0 atom stereocenters. The Balaban J connectivity index is 2.10. The van der Waals surface area contributed by atoms with Crippen molar-refractivity contribution in [3.63, 3.8) is 0 Å². The van der Waals surface area contributed by atoms with Crippen LogP contribution in [0.15, 0.2) is 36.5 Å². The zero-order chi connectivity index (χ0) is 14.5. The molecule has 2 rings (SSSR count). The zero-order valence-corrected chi connectivity index (χ0v) is 12.2. The number of aromatic nitrogens is 1. The van der Waals surface area contributed by atoms with Crippen LogP contribution in [0.3, 0.4) is 0 Å². The van der Waals surface area contributed by atoms with Crippen molar-refractivity contribution in [3.8, 4) is 5.75 Å². The van der Waals surface area contributed by atoms with Crippen LogP contribution in [-0.2, 0) is 13.1 Å². The van der Waals surface area contributed by atoms with Crippen molar-refractivity contribution < 1.29 is 9.13 Å². The molecule has 0 bridgehead atoms. The third-order valence-electron chi connectivity index (χ3n) is 3.18. The molecule has 0 saturated heterocycles. The van der Waals surface area contributed by atoms with Crippen LogP contribution in [0.2, 0.25) is 0 Å². The Morgan fingerprint density at radius 2 is 2.10 bits per heavy atom. The maximum atomic E-state index is 13.7. The van der Waals surface area contributed by atoms with Gasteiger partial charge in [-0.2, -0.15) is 0 Å². The monoisotopic (exact) mass is 276 g/mol. The molecular weight excluding hydrogens is 255 g/mol. The van der Waals surface area contributed by atoms with Gasteiger partial charge in [-0.15, -0.1) is 0 Å². The van der Waals surface area contributed by atoms with E-state index in [1.54, 1.807) is 6.07 Å². The lowest BCUT2D eigenvalue weighted by Crippen LogP contribution is -2.23. The van der Waals surface area contributed by atoms with E-state index in [0.29, 0.717) is 12.6 Å². The van der Waals surface area contributed by atoms with Crippen LogP contribution >= 0.6 is 0 Å². The molecule has 0 amide bonds. The molecule has 0 unspecified atom stereocenters. The molecule has 1 heterocycles. The first-order chi connectivity index (χ1) is 9.60. The largest absolute Gasteiger partial charge is 0.494 e. The van der Waals surface area contributed by atoms with Gasteiger partial charge in [0.15, 0.2) is 11.6 Å². The molecule has 0 aliphatic heterocycles. The highest BCUT2D eigenvalue weighted by Crippen LogP contribution is 2.18. The standard InChI is InChI=1S/C16H21FN2O/c1-12(2)18-10-14-5-4-8-19(14)11-13-6-7-16(20-3)15(17)9-13/h4-9,12,18H,10-11H2,1-3H3. The van der Waals surface area contributed by atoms with Gasteiger partial charge in [0.25, 0.3) is 0 Å². The third-order valence-corrected chi connectivity index (χ3v) is 3.18. The number of nitrogens with one attached hydrogen (secondary N) is 1. The minimum Gasteiger partial charge on any atom is -0.494 e. The predicted octanol–water partition coefficient (Wildman–Crippen LogP) is 3.18. The Hall–Kier alpha value is -1.81. The molecule has 0 spiro atoms. The molecule has 1 aromatic carbocycles. The van der Waals surface area contributed by atoms with E-state index in [1.165, 1.54) is 18.9 Å². The quantitative estimate of drug-likeness (QED) is 0.877. The molecule has 0 radical (unpaired) electrons. The SMILES string of the molecule is COc1ccc(Cn2cccc2CNC(C)C)cc1F. The summed E-state index contributed by atoms with van der Waals surface area (Å²) >= 11 is 0. The summed E-state index contributed by atoms with van der Waals surface area (Å²) in [7, 11) is 1.47. The van der Waals surface area contributed by atoms with Crippen LogP contribution in [0.1, 0.15) is 25.1 Å². The van der Waals surface area contributed by atoms with Gasteiger partial charge in [0, 0.05) is 31.0 Å². The average molecular weight is 276 g/mol. The first-order valence-corrected chi connectivity index (χ1v) is 6.80. The Labute approximate surface area is 119 Å². The first-order valence-electron chi connectivity index (χ1n) is 6.80. The molecule has 0 fully saturated rings. The van der Waals surface area contributed by atoms with Crippen molar-refractivity contribution in [1.29, 1.82) is 0 Å². The number of ether oxygens (including phenoxy) is 1. The molecule has 1 N–H and O–H groups in total. The van der Waals surface area contributed by atoms with Crippen LogP contribution in [-0.4, -0.2) is 17.7 Å². The van der Waals surface area contributed by atoms with E-state index < -0.39 is 0 Å². The number of hydrogen-bond donors (Lipinski definition) is 1. The molecule has 0 saturated carbocycles. The summed E-state index contributed by atoms with van der Waals surface area (Å²) in [5, 5.41) is 3.39. The van der Waals surface area contributed by atoms with Crippen LogP contribution in [0.5, 0.6) is 5.75 Å². The van der Waals surface area contributed by atoms with Gasteiger partial charge in [-0.3, -0.25) is 0 Å². The topological polar surface area (TPSA) is 26.2 Å². The van der Waals surface area contributed by atoms with E-state index in [4.69, 9.17) is 4.74 Å². The molecule has 0 aliphatic carbocycles. The van der Waals surface area contributed by atoms with Gasteiger partial charge in [0.2, 0.25) is 0 Å². The van der Waals surface area contributed by atoms with Gasteiger partial charge in [-0.05, 0) is 29.8 Å².